The minimum atomic E-state index is -3.14. The fourth-order valence-electron chi connectivity index (χ4n) is 0.300. The molecule has 76 valence electrons. The molecule has 0 spiro atoms. The van der Waals surface area contributed by atoms with Crippen molar-refractivity contribution < 1.29 is 26.5 Å². The molecule has 0 aromatic rings. The van der Waals surface area contributed by atoms with Crippen LogP contribution in [-0.2, 0) is 23.5 Å². The Morgan fingerprint density at radius 1 is 1.00 bits per heavy atom. The summed E-state index contributed by atoms with van der Waals surface area (Å²) in [5, 5.41) is 1.28. The van der Waals surface area contributed by atoms with Crippen molar-refractivity contribution in [3.8, 4) is 0 Å². The van der Waals surface area contributed by atoms with Crippen LogP contribution in [0.25, 0.3) is 0 Å². The van der Waals surface area contributed by atoms with Gasteiger partial charge in [0.1, 0.15) is 0 Å². The van der Waals surface area contributed by atoms with Crippen LogP contribution in [0.3, 0.4) is 0 Å². The van der Waals surface area contributed by atoms with Crippen molar-refractivity contribution in [3.05, 3.63) is 0 Å². The van der Waals surface area contributed by atoms with Crippen LogP contribution in [0.4, 0.5) is 17.4 Å². The molecule has 0 rings (SSSR count). The van der Waals surface area contributed by atoms with Gasteiger partial charge in [0.15, 0.2) is 0 Å². The number of carbonyl (C=O) groups is 2. The second-order valence-electron chi connectivity index (χ2n) is 1.43. The summed E-state index contributed by atoms with van der Waals surface area (Å²) in [4.78, 5) is 20.6. The predicted molar refractivity (Wildman–Crippen MR) is 38.7 cm³/mol. The van der Waals surface area contributed by atoms with Gasteiger partial charge < -0.3 is 9.11 Å². The lowest BCUT2D eigenvalue weighted by Gasteiger charge is -2.01. The van der Waals surface area contributed by atoms with Gasteiger partial charge in [-0.3, -0.25) is 5.32 Å². The molecule has 0 heterocycles. The molecule has 3 N–H and O–H groups in total. The summed E-state index contributed by atoms with van der Waals surface area (Å²) >= 11 is -6.27. The maximum Gasteiger partial charge on any atom is 0.367 e. The Balaban J connectivity index is 3.72. The summed E-state index contributed by atoms with van der Waals surface area (Å²) in [6, 6.07) is -2.91. The average molecular weight is 235 g/mol. The van der Waals surface area contributed by atoms with Crippen molar-refractivity contribution in [2.24, 2.45) is 0 Å². The van der Waals surface area contributed by atoms with Crippen molar-refractivity contribution in [2.45, 2.75) is 0 Å². The number of imide groups is 1. The first-order chi connectivity index (χ1) is 5.91. The first kappa shape index (κ1) is 12.2. The highest BCUT2D eigenvalue weighted by molar-refractivity contribution is 7.85. The summed E-state index contributed by atoms with van der Waals surface area (Å²) in [5.74, 6) is 0. The van der Waals surface area contributed by atoms with Crippen molar-refractivity contribution in [3.63, 3.8) is 0 Å². The number of hydrogen-bond acceptors (Lipinski definition) is 4. The monoisotopic (exact) mass is 235 g/mol. The summed E-state index contributed by atoms with van der Waals surface area (Å²) in [7, 11) is 0. The molecule has 0 fully saturated rings. The van der Waals surface area contributed by atoms with Crippen molar-refractivity contribution in [1.29, 1.82) is 0 Å². The van der Waals surface area contributed by atoms with E-state index in [1.165, 1.54) is 5.32 Å². The Kier molecular flexibility index (Phi) is 5.45. The van der Waals surface area contributed by atoms with E-state index >= 15 is 0 Å². The van der Waals surface area contributed by atoms with Gasteiger partial charge in [0, 0.05) is 7.77 Å². The molecule has 0 saturated carbocycles. The molecular weight excluding hydrogens is 232 g/mol. The third-order valence-corrected chi connectivity index (χ3v) is 1.26. The smallest absolute Gasteiger partial charge is 0.367 e. The van der Waals surface area contributed by atoms with E-state index < -0.39 is 35.6 Å². The van der Waals surface area contributed by atoms with Crippen LogP contribution in [0, 0.1) is 0 Å². The summed E-state index contributed by atoms with van der Waals surface area (Å²) in [6.45, 7) is 0. The van der Waals surface area contributed by atoms with Gasteiger partial charge in [-0.2, -0.15) is 0 Å². The lowest BCUT2D eigenvalue weighted by molar-refractivity contribution is 0.232. The molecule has 2 atom stereocenters. The van der Waals surface area contributed by atoms with E-state index in [2.05, 4.69) is 0 Å². The minimum Gasteiger partial charge on any atom is -0.555 e. The fourth-order valence-corrected chi connectivity index (χ4v) is 0.693. The van der Waals surface area contributed by atoms with Crippen LogP contribution in [-0.4, -0.2) is 21.2 Å². The number of carbonyl (C=O) groups excluding carboxylic acids is 2. The lowest BCUT2D eigenvalue weighted by Crippen LogP contribution is -2.46. The number of hydrogen-bond donors (Lipinski definition) is 3. The molecular formula is C2H3F2N3O4S2. The summed E-state index contributed by atoms with van der Waals surface area (Å²) in [5.41, 5.74) is 0. The number of amides is 4. The largest absolute Gasteiger partial charge is 0.555 e. The summed E-state index contributed by atoms with van der Waals surface area (Å²) in [6.07, 6.45) is 0. The normalized spacial score (nSPS) is 14.2. The van der Waals surface area contributed by atoms with Crippen LogP contribution in [0.15, 0.2) is 0 Å². The highest BCUT2D eigenvalue weighted by atomic mass is 32.3. The highest BCUT2D eigenvalue weighted by Crippen LogP contribution is 1.84. The Morgan fingerprint density at radius 2 is 1.31 bits per heavy atom. The zero-order valence-electron chi connectivity index (χ0n) is 5.71. The number of rotatable bonds is 2. The van der Waals surface area contributed by atoms with Gasteiger partial charge in [-0.15, -0.1) is 9.44 Å². The SMILES string of the molecule is O=C(NC(=O)N[S+]([O-])F)N[S+]([O-])F. The Morgan fingerprint density at radius 3 is 1.54 bits per heavy atom. The van der Waals surface area contributed by atoms with E-state index in [-0.39, 0.29) is 0 Å². The van der Waals surface area contributed by atoms with Gasteiger partial charge in [-0.25, -0.2) is 9.59 Å². The third kappa shape index (κ3) is 7.58. The predicted octanol–water partition coefficient (Wildman–Crippen LogP) is -0.908. The van der Waals surface area contributed by atoms with Crippen LogP contribution < -0.4 is 14.8 Å². The Labute approximate surface area is 77.5 Å². The molecule has 0 aliphatic heterocycles. The van der Waals surface area contributed by atoms with Gasteiger partial charge in [-0.1, -0.05) is 0 Å². The van der Waals surface area contributed by atoms with Crippen LogP contribution in [0.5, 0.6) is 0 Å². The van der Waals surface area contributed by atoms with E-state index in [0.717, 1.165) is 9.44 Å². The highest BCUT2D eigenvalue weighted by Gasteiger charge is 2.17. The van der Waals surface area contributed by atoms with E-state index in [4.69, 9.17) is 0 Å². The molecule has 0 aliphatic carbocycles. The number of urea groups is 2. The zero-order valence-corrected chi connectivity index (χ0v) is 7.34. The third-order valence-electron chi connectivity index (χ3n) is 0.573. The van der Waals surface area contributed by atoms with Gasteiger partial charge >= 0.3 is 35.6 Å². The van der Waals surface area contributed by atoms with Gasteiger partial charge in [-0.05, 0) is 0 Å². The second-order valence-corrected chi connectivity index (χ2v) is 2.74. The fraction of sp³-hybridized carbons (Fsp3) is 0. The van der Waals surface area contributed by atoms with Crippen molar-refractivity contribution in [1.82, 2.24) is 14.8 Å². The van der Waals surface area contributed by atoms with Gasteiger partial charge in [0.25, 0.3) is 0 Å². The standard InChI is InChI=1S/C2H3F2N3O4S2/c3-12(10)6-1(8)5-2(9)7-13(4)11/h(H3,5,6,7,8,9). The first-order valence-corrected chi connectivity index (χ1v) is 4.56. The minimum absolute atomic E-state index is 1.12. The quantitative estimate of drug-likeness (QED) is 0.537. The Bertz CT molecular complexity index is 182. The van der Waals surface area contributed by atoms with Crippen LogP contribution in [0.2, 0.25) is 0 Å². The molecule has 0 aromatic heterocycles. The van der Waals surface area contributed by atoms with E-state index in [9.17, 15) is 26.5 Å². The molecule has 0 saturated heterocycles. The van der Waals surface area contributed by atoms with E-state index in [1.807, 2.05) is 0 Å². The van der Waals surface area contributed by atoms with Gasteiger partial charge in [0.05, 0.1) is 0 Å². The van der Waals surface area contributed by atoms with Gasteiger partial charge in [0.2, 0.25) is 0 Å². The molecule has 4 amide bonds. The maximum atomic E-state index is 11.5. The number of nitrogens with one attached hydrogen (secondary N) is 3. The van der Waals surface area contributed by atoms with E-state index in [0.29, 0.717) is 0 Å². The molecule has 13 heavy (non-hydrogen) atoms. The second kappa shape index (κ2) is 5.80. The van der Waals surface area contributed by atoms with Crippen molar-refractivity contribution in [2.75, 3.05) is 0 Å². The molecule has 0 aliphatic rings. The lowest BCUT2D eigenvalue weighted by atomic mass is 10.9. The molecule has 0 radical (unpaired) electrons. The van der Waals surface area contributed by atoms with E-state index in [1.54, 1.807) is 0 Å². The number of halogens is 2. The molecule has 0 aromatic carbocycles. The summed E-state index contributed by atoms with van der Waals surface area (Å²) < 4.78 is 44.6. The molecule has 0 bridgehead atoms. The van der Waals surface area contributed by atoms with Crippen LogP contribution in [0.1, 0.15) is 0 Å². The van der Waals surface area contributed by atoms with Crippen LogP contribution >= 0.6 is 0 Å². The molecule has 11 heteroatoms. The maximum absolute atomic E-state index is 11.5. The van der Waals surface area contributed by atoms with Crippen molar-refractivity contribution >= 4 is 35.6 Å². The Hall–Kier alpha value is -0.780. The first-order valence-electron chi connectivity index (χ1n) is 2.46. The zero-order chi connectivity index (χ0) is 10.4. The molecule has 2 unspecified atom stereocenters. The molecule has 7 nitrogen and oxygen atoms in total. The topological polar surface area (TPSA) is 116 Å². The average Bonchev–Trinajstić information content (AvgIpc) is 1.80.